The average Bonchev–Trinajstić information content (AvgIpc) is 2.29. The maximum atomic E-state index is 11.6. The highest BCUT2D eigenvalue weighted by atomic mass is 16.2. The fourth-order valence-corrected chi connectivity index (χ4v) is 1.85. The topological polar surface area (TPSA) is 75.4 Å². The predicted octanol–water partition coefficient (Wildman–Crippen LogP) is 0.693. The summed E-state index contributed by atoms with van der Waals surface area (Å²) in [4.78, 5) is 24.4. The van der Waals surface area contributed by atoms with Crippen LogP contribution in [-0.2, 0) is 4.79 Å². The van der Waals surface area contributed by atoms with Crippen molar-refractivity contribution in [1.29, 1.82) is 0 Å². The van der Waals surface area contributed by atoms with Crippen molar-refractivity contribution >= 4 is 11.9 Å². The van der Waals surface area contributed by atoms with Crippen molar-refractivity contribution in [3.63, 3.8) is 0 Å². The highest BCUT2D eigenvalue weighted by Gasteiger charge is 2.25. The summed E-state index contributed by atoms with van der Waals surface area (Å²) < 4.78 is 0. The van der Waals surface area contributed by atoms with Gasteiger partial charge in [0.05, 0.1) is 0 Å². The summed E-state index contributed by atoms with van der Waals surface area (Å²) >= 11 is 0. The molecule has 3 amide bonds. The second-order valence-corrected chi connectivity index (χ2v) is 4.25. The maximum Gasteiger partial charge on any atom is 0.317 e. The van der Waals surface area contributed by atoms with Crippen LogP contribution in [0.3, 0.4) is 0 Å². The van der Waals surface area contributed by atoms with Crippen LogP contribution in [0.15, 0.2) is 0 Å². The molecule has 0 bridgehead atoms. The molecule has 5 nitrogen and oxygen atoms in total. The molecular formula is C11H21N3O2. The highest BCUT2D eigenvalue weighted by molar-refractivity contribution is 5.78. The van der Waals surface area contributed by atoms with E-state index >= 15 is 0 Å². The van der Waals surface area contributed by atoms with E-state index in [-0.39, 0.29) is 17.9 Å². The Morgan fingerprint density at radius 3 is 2.50 bits per heavy atom. The molecule has 1 heterocycles. The van der Waals surface area contributed by atoms with Crippen molar-refractivity contribution in [2.24, 2.45) is 11.7 Å². The fourth-order valence-electron chi connectivity index (χ4n) is 1.85. The van der Waals surface area contributed by atoms with Crippen LogP contribution in [0.1, 0.15) is 32.6 Å². The van der Waals surface area contributed by atoms with E-state index in [0.717, 1.165) is 19.4 Å². The van der Waals surface area contributed by atoms with Crippen molar-refractivity contribution < 1.29 is 9.59 Å². The molecule has 0 aromatic rings. The van der Waals surface area contributed by atoms with Crippen molar-refractivity contribution in [2.45, 2.75) is 32.6 Å². The van der Waals surface area contributed by atoms with Crippen LogP contribution in [0.2, 0.25) is 0 Å². The van der Waals surface area contributed by atoms with Gasteiger partial charge in [-0.25, -0.2) is 4.79 Å². The number of hydrogen-bond acceptors (Lipinski definition) is 2. The van der Waals surface area contributed by atoms with Crippen LogP contribution in [0, 0.1) is 5.92 Å². The summed E-state index contributed by atoms with van der Waals surface area (Å²) in [6, 6.07) is -0.0172. The van der Waals surface area contributed by atoms with E-state index in [1.165, 1.54) is 0 Å². The molecule has 1 rings (SSSR count). The molecule has 1 aliphatic rings. The van der Waals surface area contributed by atoms with Gasteiger partial charge in [-0.05, 0) is 19.3 Å². The minimum atomic E-state index is -0.244. The number of nitrogens with one attached hydrogen (secondary N) is 1. The lowest BCUT2D eigenvalue weighted by Crippen LogP contribution is -2.46. The Hall–Kier alpha value is -1.26. The van der Waals surface area contributed by atoms with E-state index in [2.05, 4.69) is 12.2 Å². The van der Waals surface area contributed by atoms with Gasteiger partial charge in [0.25, 0.3) is 0 Å². The van der Waals surface area contributed by atoms with Crippen LogP contribution in [0.25, 0.3) is 0 Å². The van der Waals surface area contributed by atoms with Gasteiger partial charge >= 0.3 is 6.03 Å². The number of hydrogen-bond donors (Lipinski definition) is 2. The number of nitrogens with two attached hydrogens (primary N) is 1. The highest BCUT2D eigenvalue weighted by Crippen LogP contribution is 2.16. The molecule has 16 heavy (non-hydrogen) atoms. The lowest BCUT2D eigenvalue weighted by Gasteiger charge is -2.30. The van der Waals surface area contributed by atoms with Gasteiger partial charge < -0.3 is 16.0 Å². The molecule has 5 heteroatoms. The molecule has 0 radical (unpaired) electrons. The van der Waals surface area contributed by atoms with Crippen molar-refractivity contribution in [3.05, 3.63) is 0 Å². The van der Waals surface area contributed by atoms with Crippen LogP contribution < -0.4 is 11.1 Å². The van der Waals surface area contributed by atoms with E-state index in [9.17, 15) is 9.59 Å². The molecule has 0 saturated carbocycles. The Morgan fingerprint density at radius 1 is 1.38 bits per heavy atom. The molecule has 3 N–H and O–H groups in total. The Labute approximate surface area is 96.4 Å². The summed E-state index contributed by atoms with van der Waals surface area (Å²) in [5, 5.41) is 2.87. The number of unbranched alkanes of at least 4 members (excludes halogenated alkanes) is 1. The van der Waals surface area contributed by atoms with Gasteiger partial charge in [-0.3, -0.25) is 4.79 Å². The molecule has 0 spiro atoms. The van der Waals surface area contributed by atoms with Crippen molar-refractivity contribution in [3.8, 4) is 0 Å². The van der Waals surface area contributed by atoms with Crippen LogP contribution >= 0.6 is 0 Å². The molecule has 0 atom stereocenters. The van der Waals surface area contributed by atoms with E-state index in [0.29, 0.717) is 25.9 Å². The number of likely N-dealkylation sites (tertiary alicyclic amines) is 1. The van der Waals surface area contributed by atoms with Gasteiger partial charge in [0.15, 0.2) is 0 Å². The zero-order valence-electron chi connectivity index (χ0n) is 9.87. The predicted molar refractivity (Wildman–Crippen MR) is 61.8 cm³/mol. The Balaban J connectivity index is 2.25. The molecular weight excluding hydrogens is 206 g/mol. The zero-order valence-corrected chi connectivity index (χ0v) is 9.87. The third-order valence-electron chi connectivity index (χ3n) is 2.99. The normalized spacial score (nSPS) is 17.2. The summed E-state index contributed by atoms with van der Waals surface area (Å²) in [5.41, 5.74) is 5.23. The lowest BCUT2D eigenvalue weighted by molar-refractivity contribution is -0.123. The Bertz CT molecular complexity index is 248. The first-order valence-corrected chi connectivity index (χ1v) is 5.97. The van der Waals surface area contributed by atoms with Gasteiger partial charge in [-0.15, -0.1) is 0 Å². The molecule has 0 unspecified atom stereocenters. The number of rotatable bonds is 4. The molecule has 1 aliphatic heterocycles. The van der Waals surface area contributed by atoms with Gasteiger partial charge in [-0.2, -0.15) is 0 Å². The standard InChI is InChI=1S/C11H21N3O2/c1-2-3-6-13-11(16)14-7-4-9(5-8-14)10(12)15/h9H,2-8H2,1H3,(H2,12,15)(H,13,16). The molecule has 0 aromatic carbocycles. The van der Waals surface area contributed by atoms with E-state index in [4.69, 9.17) is 5.73 Å². The third kappa shape index (κ3) is 3.72. The Morgan fingerprint density at radius 2 is 2.00 bits per heavy atom. The summed E-state index contributed by atoms with van der Waals surface area (Å²) in [6.45, 7) is 4.08. The summed E-state index contributed by atoms with van der Waals surface area (Å²) in [6.07, 6.45) is 3.46. The lowest BCUT2D eigenvalue weighted by atomic mass is 9.96. The third-order valence-corrected chi connectivity index (χ3v) is 2.99. The van der Waals surface area contributed by atoms with E-state index in [1.54, 1.807) is 4.90 Å². The smallest absolute Gasteiger partial charge is 0.317 e. The van der Waals surface area contributed by atoms with Gasteiger partial charge in [0.2, 0.25) is 5.91 Å². The average molecular weight is 227 g/mol. The first-order valence-electron chi connectivity index (χ1n) is 5.97. The van der Waals surface area contributed by atoms with Crippen LogP contribution in [-0.4, -0.2) is 36.5 Å². The van der Waals surface area contributed by atoms with Gasteiger partial charge in [0, 0.05) is 25.6 Å². The molecule has 1 fully saturated rings. The number of urea groups is 1. The van der Waals surface area contributed by atoms with Crippen molar-refractivity contribution in [1.82, 2.24) is 10.2 Å². The molecule has 92 valence electrons. The first-order chi connectivity index (χ1) is 7.65. The second-order valence-electron chi connectivity index (χ2n) is 4.25. The summed E-state index contributed by atoms with van der Waals surface area (Å²) in [5.74, 6) is -0.300. The van der Waals surface area contributed by atoms with Gasteiger partial charge in [-0.1, -0.05) is 13.3 Å². The number of carbonyl (C=O) groups is 2. The molecule has 0 aliphatic carbocycles. The van der Waals surface area contributed by atoms with E-state index in [1.807, 2.05) is 0 Å². The quantitative estimate of drug-likeness (QED) is 0.693. The molecule has 1 saturated heterocycles. The zero-order chi connectivity index (χ0) is 12.0. The number of piperidine rings is 1. The fraction of sp³-hybridized carbons (Fsp3) is 0.818. The number of carbonyl (C=O) groups excluding carboxylic acids is 2. The number of nitrogens with zero attached hydrogens (tertiary/aromatic N) is 1. The monoisotopic (exact) mass is 227 g/mol. The summed E-state index contributed by atoms with van der Waals surface area (Å²) in [7, 11) is 0. The molecule has 0 aromatic heterocycles. The van der Waals surface area contributed by atoms with Crippen molar-refractivity contribution in [2.75, 3.05) is 19.6 Å². The van der Waals surface area contributed by atoms with Crippen LogP contribution in [0.4, 0.5) is 4.79 Å². The maximum absolute atomic E-state index is 11.6. The SMILES string of the molecule is CCCCNC(=O)N1CCC(C(N)=O)CC1. The minimum Gasteiger partial charge on any atom is -0.369 e. The number of primary amides is 1. The number of amides is 3. The van der Waals surface area contributed by atoms with E-state index < -0.39 is 0 Å². The first kappa shape index (κ1) is 12.8. The van der Waals surface area contributed by atoms with Crippen LogP contribution in [0.5, 0.6) is 0 Å². The Kier molecular flexibility index (Phi) is 5.08. The minimum absolute atomic E-state index is 0.0172. The largest absolute Gasteiger partial charge is 0.369 e. The second kappa shape index (κ2) is 6.35. The van der Waals surface area contributed by atoms with Gasteiger partial charge in [0.1, 0.15) is 0 Å².